The molecule has 2 heterocycles. The maximum Gasteiger partial charge on any atom is 0.244 e. The molecule has 1 aromatic carbocycles. The van der Waals surface area contributed by atoms with E-state index >= 15 is 0 Å². The maximum atomic E-state index is 13.3. The number of rotatable bonds is 5. The lowest BCUT2D eigenvalue weighted by Gasteiger charge is -2.36. The Labute approximate surface area is 153 Å². The fraction of sp³-hybridized carbons (Fsp3) is 0.450. The number of benzene rings is 1. The Kier molecular flexibility index (Phi) is 5.86. The largest absolute Gasteiger partial charge is 0.339 e. The second-order valence-corrected chi connectivity index (χ2v) is 7.77. The lowest BCUT2D eigenvalue weighted by atomic mass is 10.0. The Morgan fingerprint density at radius 3 is 2.48 bits per heavy atom. The van der Waals surface area contributed by atoms with Crippen molar-refractivity contribution in [3.8, 4) is 0 Å². The third-order valence-electron chi connectivity index (χ3n) is 4.90. The van der Waals surface area contributed by atoms with Crippen LogP contribution in [0.5, 0.6) is 0 Å². The van der Waals surface area contributed by atoms with Crippen LogP contribution in [0.15, 0.2) is 35.7 Å². The Balaban J connectivity index is 1.83. The summed E-state index contributed by atoms with van der Waals surface area (Å²) in [6.07, 6.45) is 3.43. The van der Waals surface area contributed by atoms with Gasteiger partial charge in [-0.2, -0.15) is 0 Å². The molecule has 1 atom stereocenters. The van der Waals surface area contributed by atoms with E-state index in [0.717, 1.165) is 31.5 Å². The summed E-state index contributed by atoms with van der Waals surface area (Å²) in [4.78, 5) is 18.5. The van der Waals surface area contributed by atoms with Gasteiger partial charge in [-0.05, 0) is 67.6 Å². The minimum absolute atomic E-state index is 0.0845. The van der Waals surface area contributed by atoms with E-state index < -0.39 is 0 Å². The highest BCUT2D eigenvalue weighted by atomic mass is 32.1. The molecule has 1 fully saturated rings. The van der Waals surface area contributed by atoms with E-state index in [9.17, 15) is 9.18 Å². The van der Waals surface area contributed by atoms with Gasteiger partial charge in [0.05, 0.1) is 6.54 Å². The molecule has 1 aromatic heterocycles. The standard InChI is InChI=1S/C20H25FN2OS/c1-15-10-13-25-18(15)14-22(2)20(24)19(23-11-4-3-5-12-23)16-6-8-17(21)9-7-16/h6-10,13,19H,3-5,11-12,14H2,1-2H3. The van der Waals surface area contributed by atoms with Crippen molar-refractivity contribution in [2.45, 2.75) is 38.8 Å². The number of likely N-dealkylation sites (tertiary alicyclic amines) is 1. The minimum Gasteiger partial charge on any atom is -0.339 e. The number of piperidine rings is 1. The third-order valence-corrected chi connectivity index (χ3v) is 5.91. The molecular formula is C20H25FN2OS. The molecule has 0 N–H and O–H groups in total. The SMILES string of the molecule is Cc1ccsc1CN(C)C(=O)C(c1ccc(F)cc1)N1CCCCC1. The molecule has 134 valence electrons. The zero-order valence-corrected chi connectivity index (χ0v) is 15.7. The van der Waals surface area contributed by atoms with Gasteiger partial charge in [0.25, 0.3) is 0 Å². The Morgan fingerprint density at radius 1 is 1.20 bits per heavy atom. The van der Waals surface area contributed by atoms with Gasteiger partial charge in [-0.25, -0.2) is 4.39 Å². The summed E-state index contributed by atoms with van der Waals surface area (Å²) in [5.41, 5.74) is 2.10. The topological polar surface area (TPSA) is 23.6 Å². The van der Waals surface area contributed by atoms with Crippen molar-refractivity contribution in [3.05, 3.63) is 57.5 Å². The molecule has 1 aliphatic rings. The average Bonchev–Trinajstić information content (AvgIpc) is 3.02. The first kappa shape index (κ1) is 18.1. The second-order valence-electron chi connectivity index (χ2n) is 6.77. The molecule has 1 unspecified atom stereocenters. The quantitative estimate of drug-likeness (QED) is 0.790. The highest BCUT2D eigenvalue weighted by molar-refractivity contribution is 7.10. The molecule has 1 amide bonds. The fourth-order valence-electron chi connectivity index (χ4n) is 3.40. The zero-order chi connectivity index (χ0) is 17.8. The van der Waals surface area contributed by atoms with Gasteiger partial charge < -0.3 is 4.90 Å². The number of aryl methyl sites for hydroxylation is 1. The molecule has 1 saturated heterocycles. The van der Waals surface area contributed by atoms with Gasteiger partial charge in [0, 0.05) is 11.9 Å². The number of nitrogens with zero attached hydrogens (tertiary/aromatic N) is 2. The van der Waals surface area contributed by atoms with Crippen LogP contribution in [-0.2, 0) is 11.3 Å². The molecular weight excluding hydrogens is 335 g/mol. The van der Waals surface area contributed by atoms with Crippen LogP contribution in [0.3, 0.4) is 0 Å². The van der Waals surface area contributed by atoms with E-state index in [1.54, 1.807) is 23.5 Å². The summed E-state index contributed by atoms with van der Waals surface area (Å²) < 4.78 is 13.3. The van der Waals surface area contributed by atoms with Gasteiger partial charge in [0.2, 0.25) is 5.91 Å². The van der Waals surface area contributed by atoms with Gasteiger partial charge in [0.1, 0.15) is 11.9 Å². The predicted molar refractivity (Wildman–Crippen MR) is 100 cm³/mol. The summed E-state index contributed by atoms with van der Waals surface area (Å²) in [6.45, 7) is 4.53. The van der Waals surface area contributed by atoms with E-state index in [-0.39, 0.29) is 17.8 Å². The van der Waals surface area contributed by atoms with Crippen molar-refractivity contribution in [3.63, 3.8) is 0 Å². The van der Waals surface area contributed by atoms with Crippen LogP contribution in [0.1, 0.15) is 41.3 Å². The van der Waals surface area contributed by atoms with Crippen LogP contribution in [0.25, 0.3) is 0 Å². The lowest BCUT2D eigenvalue weighted by Crippen LogP contribution is -2.43. The molecule has 2 aromatic rings. The molecule has 0 bridgehead atoms. The summed E-state index contributed by atoms with van der Waals surface area (Å²) >= 11 is 1.68. The molecule has 0 spiro atoms. The smallest absolute Gasteiger partial charge is 0.244 e. The fourth-order valence-corrected chi connectivity index (χ4v) is 4.36. The van der Waals surface area contributed by atoms with E-state index in [4.69, 9.17) is 0 Å². The highest BCUT2D eigenvalue weighted by Crippen LogP contribution is 2.28. The second kappa shape index (κ2) is 8.11. The Morgan fingerprint density at radius 2 is 1.88 bits per heavy atom. The van der Waals surface area contributed by atoms with Crippen LogP contribution in [0.4, 0.5) is 4.39 Å². The molecule has 0 radical (unpaired) electrons. The van der Waals surface area contributed by atoms with E-state index in [2.05, 4.69) is 23.3 Å². The monoisotopic (exact) mass is 360 g/mol. The Bertz CT molecular complexity index is 707. The van der Waals surface area contributed by atoms with Crippen LogP contribution in [0.2, 0.25) is 0 Å². The first-order valence-corrected chi connectivity index (χ1v) is 9.71. The number of thiophene rings is 1. The number of likely N-dealkylation sites (N-methyl/N-ethyl adjacent to an activating group) is 1. The van der Waals surface area contributed by atoms with Gasteiger partial charge >= 0.3 is 0 Å². The van der Waals surface area contributed by atoms with Crippen molar-refractivity contribution in [2.75, 3.05) is 20.1 Å². The van der Waals surface area contributed by atoms with Gasteiger partial charge in [-0.3, -0.25) is 9.69 Å². The normalized spacial score (nSPS) is 16.6. The summed E-state index contributed by atoms with van der Waals surface area (Å²) in [5.74, 6) is -0.183. The van der Waals surface area contributed by atoms with Gasteiger partial charge in [0.15, 0.2) is 0 Å². The van der Waals surface area contributed by atoms with Crippen molar-refractivity contribution < 1.29 is 9.18 Å². The molecule has 5 heteroatoms. The molecule has 25 heavy (non-hydrogen) atoms. The van der Waals surface area contributed by atoms with Crippen LogP contribution in [-0.4, -0.2) is 35.8 Å². The minimum atomic E-state index is -0.328. The first-order chi connectivity index (χ1) is 12.1. The number of halogens is 1. The maximum absolute atomic E-state index is 13.3. The van der Waals surface area contributed by atoms with E-state index in [0.29, 0.717) is 6.54 Å². The van der Waals surface area contributed by atoms with Gasteiger partial charge in [-0.1, -0.05) is 18.6 Å². The number of carbonyl (C=O) groups excluding carboxylic acids is 1. The predicted octanol–water partition coefficient (Wildman–Crippen LogP) is 4.38. The highest BCUT2D eigenvalue weighted by Gasteiger charge is 2.31. The van der Waals surface area contributed by atoms with E-state index in [1.807, 2.05) is 11.9 Å². The first-order valence-electron chi connectivity index (χ1n) is 8.83. The Hall–Kier alpha value is -1.72. The van der Waals surface area contributed by atoms with E-state index in [1.165, 1.54) is 29.0 Å². The number of carbonyl (C=O) groups is 1. The molecule has 0 saturated carbocycles. The van der Waals surface area contributed by atoms with Crippen LogP contribution in [0, 0.1) is 12.7 Å². The van der Waals surface area contributed by atoms with Crippen molar-refractivity contribution >= 4 is 17.2 Å². The van der Waals surface area contributed by atoms with Crippen LogP contribution < -0.4 is 0 Å². The third kappa shape index (κ3) is 4.28. The zero-order valence-electron chi connectivity index (χ0n) is 14.9. The number of hydrogen-bond donors (Lipinski definition) is 0. The average molecular weight is 360 g/mol. The number of amides is 1. The van der Waals surface area contributed by atoms with Crippen molar-refractivity contribution in [1.82, 2.24) is 9.80 Å². The van der Waals surface area contributed by atoms with Gasteiger partial charge in [-0.15, -0.1) is 11.3 Å². The van der Waals surface area contributed by atoms with Crippen molar-refractivity contribution in [1.29, 1.82) is 0 Å². The van der Waals surface area contributed by atoms with Crippen molar-refractivity contribution in [2.24, 2.45) is 0 Å². The molecule has 3 rings (SSSR count). The number of hydrogen-bond acceptors (Lipinski definition) is 3. The lowest BCUT2D eigenvalue weighted by molar-refractivity contribution is -0.137. The molecule has 1 aliphatic heterocycles. The summed E-state index contributed by atoms with van der Waals surface area (Å²) in [6, 6.07) is 8.14. The molecule has 3 nitrogen and oxygen atoms in total. The molecule has 0 aliphatic carbocycles. The summed E-state index contributed by atoms with van der Waals surface area (Å²) in [7, 11) is 1.86. The summed E-state index contributed by atoms with van der Waals surface area (Å²) in [5, 5.41) is 2.06. The van der Waals surface area contributed by atoms with Crippen LogP contribution >= 0.6 is 11.3 Å².